The first-order chi connectivity index (χ1) is 12.9. The van der Waals surface area contributed by atoms with Gasteiger partial charge in [-0.2, -0.15) is 0 Å². The lowest BCUT2D eigenvalue weighted by atomic mass is 10.0. The van der Waals surface area contributed by atoms with Gasteiger partial charge in [-0.15, -0.1) is 12.4 Å². The number of hydrogen-bond donors (Lipinski definition) is 1. The molecule has 7 nitrogen and oxygen atoms in total. The van der Waals surface area contributed by atoms with Gasteiger partial charge in [-0.25, -0.2) is 8.42 Å². The number of halogens is 1. The molecule has 0 saturated carbocycles. The highest BCUT2D eigenvalue weighted by Gasteiger charge is 2.36. The molecule has 1 N–H and O–H groups in total. The molecule has 158 valence electrons. The quantitative estimate of drug-likeness (QED) is 0.728. The first kappa shape index (κ1) is 23.1. The molecular formula is C19H31ClN4O3S. The molecule has 2 aliphatic heterocycles. The van der Waals surface area contributed by atoms with Crippen LogP contribution in [0.5, 0.6) is 0 Å². The molecular weight excluding hydrogens is 400 g/mol. The molecule has 0 spiro atoms. The van der Waals surface area contributed by atoms with Crippen molar-refractivity contribution < 1.29 is 13.2 Å². The van der Waals surface area contributed by atoms with Crippen molar-refractivity contribution in [2.24, 2.45) is 5.92 Å². The van der Waals surface area contributed by atoms with Gasteiger partial charge in [-0.05, 0) is 24.0 Å². The van der Waals surface area contributed by atoms with E-state index in [-0.39, 0.29) is 41.9 Å². The average Bonchev–Trinajstić information content (AvgIpc) is 3.00. The van der Waals surface area contributed by atoms with Crippen molar-refractivity contribution in [2.45, 2.75) is 32.4 Å². The second-order valence-electron chi connectivity index (χ2n) is 7.97. The Hall–Kier alpha value is -1.22. The summed E-state index contributed by atoms with van der Waals surface area (Å²) in [7, 11) is -3.02. The van der Waals surface area contributed by atoms with Crippen molar-refractivity contribution in [3.8, 4) is 0 Å². The third-order valence-corrected chi connectivity index (χ3v) is 7.04. The van der Waals surface area contributed by atoms with Gasteiger partial charge in [-0.1, -0.05) is 19.9 Å². The lowest BCUT2D eigenvalue weighted by molar-refractivity contribution is -0.135. The third kappa shape index (κ3) is 5.89. The van der Waals surface area contributed by atoms with E-state index in [2.05, 4.69) is 29.0 Å². The maximum absolute atomic E-state index is 13.2. The van der Waals surface area contributed by atoms with E-state index in [4.69, 9.17) is 0 Å². The van der Waals surface area contributed by atoms with Crippen molar-refractivity contribution in [3.63, 3.8) is 0 Å². The minimum atomic E-state index is -3.02. The third-order valence-electron chi connectivity index (χ3n) is 5.29. The standard InChI is InChI=1S/C19H30N4O3S.ClH/c1-15(2)12-23(17-5-9-27(25,26)14-17)19(24)13-22-8-7-21-11-18(22)16-4-3-6-20-10-16;/h3-4,6,10,15,17-18,21H,5,7-9,11-14H2,1-2H3;1H. The zero-order valence-electron chi connectivity index (χ0n) is 16.6. The van der Waals surface area contributed by atoms with E-state index in [0.29, 0.717) is 25.4 Å². The molecule has 0 aromatic carbocycles. The molecule has 0 radical (unpaired) electrons. The number of hydrogen-bond acceptors (Lipinski definition) is 6. The maximum Gasteiger partial charge on any atom is 0.237 e. The molecule has 3 rings (SSSR count). The van der Waals surface area contributed by atoms with Crippen LogP contribution in [-0.4, -0.2) is 79.4 Å². The normalized spacial score (nSPS) is 24.7. The summed E-state index contributed by atoms with van der Waals surface area (Å²) < 4.78 is 23.8. The minimum Gasteiger partial charge on any atom is -0.337 e. The van der Waals surface area contributed by atoms with Crippen LogP contribution in [-0.2, 0) is 14.6 Å². The van der Waals surface area contributed by atoms with E-state index in [1.165, 1.54) is 0 Å². The number of piperazine rings is 1. The Morgan fingerprint density at radius 1 is 1.43 bits per heavy atom. The highest BCUT2D eigenvalue weighted by molar-refractivity contribution is 7.91. The molecule has 1 amide bonds. The highest BCUT2D eigenvalue weighted by Crippen LogP contribution is 2.23. The van der Waals surface area contributed by atoms with Crippen molar-refractivity contribution in [2.75, 3.05) is 44.2 Å². The summed E-state index contributed by atoms with van der Waals surface area (Å²) in [5, 5.41) is 3.39. The van der Waals surface area contributed by atoms with Crippen LogP contribution < -0.4 is 5.32 Å². The van der Waals surface area contributed by atoms with Crippen LogP contribution in [0.3, 0.4) is 0 Å². The zero-order chi connectivity index (χ0) is 19.4. The molecule has 2 fully saturated rings. The first-order valence-electron chi connectivity index (χ1n) is 9.70. The molecule has 0 aliphatic carbocycles. The van der Waals surface area contributed by atoms with Gasteiger partial charge >= 0.3 is 0 Å². The molecule has 2 saturated heterocycles. The van der Waals surface area contributed by atoms with Crippen molar-refractivity contribution >= 4 is 28.2 Å². The van der Waals surface area contributed by atoms with Gasteiger partial charge in [0.25, 0.3) is 0 Å². The topological polar surface area (TPSA) is 82.6 Å². The minimum absolute atomic E-state index is 0. The van der Waals surface area contributed by atoms with Crippen LogP contribution in [0.1, 0.15) is 31.9 Å². The first-order valence-corrected chi connectivity index (χ1v) is 11.5. The van der Waals surface area contributed by atoms with Crippen LogP contribution in [0.2, 0.25) is 0 Å². The summed E-state index contributed by atoms with van der Waals surface area (Å²) in [5.74, 6) is 0.612. The predicted molar refractivity (Wildman–Crippen MR) is 112 cm³/mol. The van der Waals surface area contributed by atoms with Crippen LogP contribution in [0.15, 0.2) is 24.5 Å². The summed E-state index contributed by atoms with van der Waals surface area (Å²) in [6, 6.07) is 3.87. The summed E-state index contributed by atoms with van der Waals surface area (Å²) >= 11 is 0. The number of amides is 1. The summed E-state index contributed by atoms with van der Waals surface area (Å²) in [4.78, 5) is 21.4. The van der Waals surface area contributed by atoms with Crippen LogP contribution in [0.25, 0.3) is 0 Å². The number of sulfone groups is 1. The number of nitrogens with zero attached hydrogens (tertiary/aromatic N) is 3. The Bertz CT molecular complexity index is 745. The smallest absolute Gasteiger partial charge is 0.237 e. The maximum atomic E-state index is 13.2. The zero-order valence-corrected chi connectivity index (χ0v) is 18.2. The number of pyridine rings is 1. The Balaban J connectivity index is 0.00000280. The molecule has 2 aliphatic rings. The summed E-state index contributed by atoms with van der Waals surface area (Å²) in [6.45, 7) is 7.43. The second-order valence-corrected chi connectivity index (χ2v) is 10.2. The molecule has 9 heteroatoms. The van der Waals surface area contributed by atoms with E-state index in [9.17, 15) is 13.2 Å². The second kappa shape index (κ2) is 10.0. The molecule has 1 aromatic rings. The Morgan fingerprint density at radius 2 is 2.21 bits per heavy atom. The Kier molecular flexibility index (Phi) is 8.24. The predicted octanol–water partition coefficient (Wildman–Crippen LogP) is 1.12. The number of carbonyl (C=O) groups excluding carboxylic acids is 1. The number of nitrogens with one attached hydrogen (secondary N) is 1. The van der Waals surface area contributed by atoms with Crippen molar-refractivity contribution in [1.29, 1.82) is 0 Å². The Morgan fingerprint density at radius 3 is 2.82 bits per heavy atom. The lowest BCUT2D eigenvalue weighted by Crippen LogP contribution is -2.52. The summed E-state index contributed by atoms with van der Waals surface area (Å²) in [6.07, 6.45) is 4.15. The van der Waals surface area contributed by atoms with Gasteiger partial charge in [0.1, 0.15) is 0 Å². The Labute approximate surface area is 174 Å². The molecule has 28 heavy (non-hydrogen) atoms. The van der Waals surface area contributed by atoms with E-state index in [1.54, 1.807) is 6.20 Å². The fourth-order valence-electron chi connectivity index (χ4n) is 3.97. The van der Waals surface area contributed by atoms with E-state index < -0.39 is 9.84 Å². The number of aromatic nitrogens is 1. The van der Waals surface area contributed by atoms with Gasteiger partial charge in [0.15, 0.2) is 9.84 Å². The molecule has 0 bridgehead atoms. The summed E-state index contributed by atoms with van der Waals surface area (Å²) in [5.41, 5.74) is 1.09. The molecule has 2 unspecified atom stereocenters. The van der Waals surface area contributed by atoms with Gasteiger partial charge in [-0.3, -0.25) is 14.7 Å². The van der Waals surface area contributed by atoms with Crippen LogP contribution >= 0.6 is 12.4 Å². The van der Waals surface area contributed by atoms with E-state index in [0.717, 1.165) is 25.2 Å². The fraction of sp³-hybridized carbons (Fsp3) is 0.684. The van der Waals surface area contributed by atoms with Gasteiger partial charge in [0, 0.05) is 50.7 Å². The SMILES string of the molecule is CC(C)CN(C(=O)CN1CCNCC1c1cccnc1)C1CCS(=O)(=O)C1.Cl. The van der Waals surface area contributed by atoms with Crippen LogP contribution in [0.4, 0.5) is 0 Å². The van der Waals surface area contributed by atoms with Gasteiger partial charge in [0.05, 0.1) is 18.1 Å². The number of rotatable bonds is 6. The van der Waals surface area contributed by atoms with Gasteiger partial charge < -0.3 is 10.2 Å². The monoisotopic (exact) mass is 430 g/mol. The molecule has 1 aromatic heterocycles. The van der Waals surface area contributed by atoms with Crippen molar-refractivity contribution in [1.82, 2.24) is 20.1 Å². The fourth-order valence-corrected chi connectivity index (χ4v) is 5.70. The average molecular weight is 431 g/mol. The highest BCUT2D eigenvalue weighted by atomic mass is 35.5. The van der Waals surface area contributed by atoms with Gasteiger partial charge in [0.2, 0.25) is 5.91 Å². The van der Waals surface area contributed by atoms with Crippen molar-refractivity contribution in [3.05, 3.63) is 30.1 Å². The number of carbonyl (C=O) groups is 1. The van der Waals surface area contributed by atoms with Crippen LogP contribution in [0, 0.1) is 5.92 Å². The molecule has 3 heterocycles. The molecule has 2 atom stereocenters. The van der Waals surface area contributed by atoms with E-state index in [1.807, 2.05) is 23.2 Å². The van der Waals surface area contributed by atoms with E-state index >= 15 is 0 Å². The largest absolute Gasteiger partial charge is 0.337 e. The lowest BCUT2D eigenvalue weighted by Gasteiger charge is -2.38.